The van der Waals surface area contributed by atoms with Gasteiger partial charge in [-0.1, -0.05) is 41.4 Å². The fraction of sp³-hybridized carbons (Fsp3) is 0.214. The van der Waals surface area contributed by atoms with Crippen molar-refractivity contribution in [2.45, 2.75) is 19.9 Å². The van der Waals surface area contributed by atoms with Crippen molar-refractivity contribution in [2.75, 3.05) is 0 Å². The standard InChI is InChI=1S/C14H14Cl2N2/c1-8-3-4-10(5-9(8)2)13(17)14-12(16)6-11(15)7-18-14/h3-7,13H,17H2,1-2H3. The van der Waals surface area contributed by atoms with Gasteiger partial charge in [-0.15, -0.1) is 0 Å². The number of aromatic nitrogens is 1. The molecule has 0 aliphatic carbocycles. The van der Waals surface area contributed by atoms with E-state index in [4.69, 9.17) is 28.9 Å². The van der Waals surface area contributed by atoms with E-state index in [9.17, 15) is 0 Å². The summed E-state index contributed by atoms with van der Waals surface area (Å²) in [7, 11) is 0. The highest BCUT2D eigenvalue weighted by molar-refractivity contribution is 6.34. The van der Waals surface area contributed by atoms with Gasteiger partial charge in [0.1, 0.15) is 0 Å². The summed E-state index contributed by atoms with van der Waals surface area (Å²) < 4.78 is 0. The van der Waals surface area contributed by atoms with E-state index >= 15 is 0 Å². The van der Waals surface area contributed by atoms with E-state index < -0.39 is 0 Å². The molecule has 0 spiro atoms. The number of rotatable bonds is 2. The zero-order valence-corrected chi connectivity index (χ0v) is 11.8. The van der Waals surface area contributed by atoms with Gasteiger partial charge in [0.25, 0.3) is 0 Å². The predicted molar refractivity (Wildman–Crippen MR) is 76.2 cm³/mol. The van der Waals surface area contributed by atoms with Crippen LogP contribution in [0.3, 0.4) is 0 Å². The maximum atomic E-state index is 6.20. The maximum absolute atomic E-state index is 6.20. The molecule has 0 aliphatic heterocycles. The van der Waals surface area contributed by atoms with Gasteiger partial charge in [0.05, 0.1) is 21.8 Å². The third-order valence-electron chi connectivity index (χ3n) is 3.02. The van der Waals surface area contributed by atoms with Crippen LogP contribution < -0.4 is 5.73 Å². The van der Waals surface area contributed by atoms with Gasteiger partial charge in [0.15, 0.2) is 0 Å². The molecule has 2 N–H and O–H groups in total. The number of hydrogen-bond donors (Lipinski definition) is 1. The molecular formula is C14H14Cl2N2. The Morgan fingerprint density at radius 1 is 1.11 bits per heavy atom. The summed E-state index contributed by atoms with van der Waals surface area (Å²) in [4.78, 5) is 4.22. The summed E-state index contributed by atoms with van der Waals surface area (Å²) >= 11 is 11.9. The van der Waals surface area contributed by atoms with Gasteiger partial charge in [0, 0.05) is 6.20 Å². The third-order valence-corrected chi connectivity index (χ3v) is 3.53. The second kappa shape index (κ2) is 5.27. The van der Waals surface area contributed by atoms with Crippen molar-refractivity contribution in [1.29, 1.82) is 0 Å². The molecule has 1 heterocycles. The van der Waals surface area contributed by atoms with E-state index in [0.717, 1.165) is 5.56 Å². The molecule has 0 aliphatic rings. The van der Waals surface area contributed by atoms with Gasteiger partial charge in [-0.2, -0.15) is 0 Å². The quantitative estimate of drug-likeness (QED) is 0.901. The summed E-state index contributed by atoms with van der Waals surface area (Å²) in [5.74, 6) is 0. The fourth-order valence-electron chi connectivity index (χ4n) is 1.77. The molecule has 0 fully saturated rings. The van der Waals surface area contributed by atoms with Gasteiger partial charge in [0.2, 0.25) is 0 Å². The van der Waals surface area contributed by atoms with Crippen LogP contribution in [0.4, 0.5) is 0 Å². The number of nitrogens with two attached hydrogens (primary N) is 1. The number of hydrogen-bond acceptors (Lipinski definition) is 2. The molecular weight excluding hydrogens is 267 g/mol. The summed E-state index contributed by atoms with van der Waals surface area (Å²) in [6.45, 7) is 4.13. The van der Waals surface area contributed by atoms with Crippen molar-refractivity contribution in [1.82, 2.24) is 4.98 Å². The molecule has 1 aromatic carbocycles. The Morgan fingerprint density at radius 2 is 1.83 bits per heavy atom. The molecule has 2 aromatic rings. The molecule has 4 heteroatoms. The van der Waals surface area contributed by atoms with Crippen LogP contribution in [0.1, 0.15) is 28.4 Å². The lowest BCUT2D eigenvalue weighted by atomic mass is 9.99. The van der Waals surface area contributed by atoms with E-state index in [1.165, 1.54) is 11.1 Å². The molecule has 1 aromatic heterocycles. The lowest BCUT2D eigenvalue weighted by Crippen LogP contribution is -2.14. The van der Waals surface area contributed by atoms with Gasteiger partial charge < -0.3 is 5.73 Å². The van der Waals surface area contributed by atoms with Crippen LogP contribution in [0.25, 0.3) is 0 Å². The minimum absolute atomic E-state index is 0.339. The van der Waals surface area contributed by atoms with Crippen LogP contribution in [0.5, 0.6) is 0 Å². The Bertz CT molecular complexity index is 582. The number of nitrogens with zero attached hydrogens (tertiary/aromatic N) is 1. The van der Waals surface area contributed by atoms with Crippen molar-refractivity contribution in [2.24, 2.45) is 5.73 Å². The largest absolute Gasteiger partial charge is 0.319 e. The predicted octanol–water partition coefficient (Wildman–Crippen LogP) is 4.05. The number of halogens is 2. The Hall–Kier alpha value is -1.09. The Morgan fingerprint density at radius 3 is 2.44 bits per heavy atom. The van der Waals surface area contributed by atoms with Gasteiger partial charge in [-0.25, -0.2) is 0 Å². The summed E-state index contributed by atoms with van der Waals surface area (Å²) in [5, 5.41) is 1.00. The SMILES string of the molecule is Cc1ccc(C(N)c2ncc(Cl)cc2Cl)cc1C. The molecule has 0 saturated heterocycles. The molecule has 1 unspecified atom stereocenters. The van der Waals surface area contributed by atoms with Crippen molar-refractivity contribution in [3.05, 3.63) is 62.9 Å². The van der Waals surface area contributed by atoms with Crippen molar-refractivity contribution in [3.8, 4) is 0 Å². The average Bonchev–Trinajstić information content (AvgIpc) is 2.32. The van der Waals surface area contributed by atoms with E-state index in [0.29, 0.717) is 15.7 Å². The molecule has 2 rings (SSSR count). The first-order valence-corrected chi connectivity index (χ1v) is 6.38. The second-order valence-corrected chi connectivity index (χ2v) is 5.19. The zero-order valence-electron chi connectivity index (χ0n) is 10.2. The van der Waals surface area contributed by atoms with Gasteiger partial charge in [-0.3, -0.25) is 4.98 Å². The van der Waals surface area contributed by atoms with Gasteiger partial charge in [-0.05, 0) is 36.6 Å². The first kappa shape index (κ1) is 13.3. The topological polar surface area (TPSA) is 38.9 Å². The minimum Gasteiger partial charge on any atom is -0.319 e. The van der Waals surface area contributed by atoms with E-state index in [2.05, 4.69) is 24.9 Å². The highest BCUT2D eigenvalue weighted by atomic mass is 35.5. The second-order valence-electron chi connectivity index (χ2n) is 4.34. The first-order chi connectivity index (χ1) is 8.49. The first-order valence-electron chi connectivity index (χ1n) is 5.62. The van der Waals surface area contributed by atoms with Crippen molar-refractivity contribution >= 4 is 23.2 Å². The average molecular weight is 281 g/mol. The molecule has 0 bridgehead atoms. The van der Waals surface area contributed by atoms with Crippen LogP contribution in [-0.2, 0) is 0 Å². The van der Waals surface area contributed by atoms with E-state index in [1.54, 1.807) is 12.3 Å². The molecule has 2 nitrogen and oxygen atoms in total. The highest BCUT2D eigenvalue weighted by Crippen LogP contribution is 2.27. The Kier molecular flexibility index (Phi) is 3.91. The van der Waals surface area contributed by atoms with E-state index in [1.807, 2.05) is 12.1 Å². The molecule has 1 atom stereocenters. The van der Waals surface area contributed by atoms with Crippen LogP contribution >= 0.6 is 23.2 Å². The smallest absolute Gasteiger partial charge is 0.0803 e. The third kappa shape index (κ3) is 2.66. The number of aryl methyl sites for hydroxylation is 2. The van der Waals surface area contributed by atoms with E-state index in [-0.39, 0.29) is 6.04 Å². The Labute approximate surface area is 117 Å². The highest BCUT2D eigenvalue weighted by Gasteiger charge is 2.14. The minimum atomic E-state index is -0.339. The molecule has 94 valence electrons. The van der Waals surface area contributed by atoms with Crippen LogP contribution in [0.2, 0.25) is 10.0 Å². The normalized spacial score (nSPS) is 12.5. The zero-order chi connectivity index (χ0) is 13.3. The number of pyridine rings is 1. The lowest BCUT2D eigenvalue weighted by Gasteiger charge is -2.14. The van der Waals surface area contributed by atoms with Crippen LogP contribution in [-0.4, -0.2) is 4.98 Å². The van der Waals surface area contributed by atoms with Gasteiger partial charge >= 0.3 is 0 Å². The molecule has 0 saturated carbocycles. The fourth-order valence-corrected chi connectivity index (χ4v) is 2.27. The molecule has 0 radical (unpaired) electrons. The summed E-state index contributed by atoms with van der Waals surface area (Å²) in [6.07, 6.45) is 1.56. The van der Waals surface area contributed by atoms with Crippen molar-refractivity contribution < 1.29 is 0 Å². The maximum Gasteiger partial charge on any atom is 0.0803 e. The molecule has 18 heavy (non-hydrogen) atoms. The monoisotopic (exact) mass is 280 g/mol. The lowest BCUT2D eigenvalue weighted by molar-refractivity contribution is 0.827. The number of benzene rings is 1. The summed E-state index contributed by atoms with van der Waals surface area (Å²) in [6, 6.07) is 7.43. The van der Waals surface area contributed by atoms with Crippen molar-refractivity contribution in [3.63, 3.8) is 0 Å². The van der Waals surface area contributed by atoms with Crippen LogP contribution in [0.15, 0.2) is 30.5 Å². The molecule has 0 amide bonds. The summed E-state index contributed by atoms with van der Waals surface area (Å²) in [5.41, 5.74) is 10.3. The Balaban J connectivity index is 2.41. The van der Waals surface area contributed by atoms with Crippen LogP contribution in [0, 0.1) is 13.8 Å².